The second-order valence-corrected chi connectivity index (χ2v) is 12.5. The summed E-state index contributed by atoms with van der Waals surface area (Å²) < 4.78 is 2.16. The zero-order chi connectivity index (χ0) is 28.0. The molecular formula is C33H39N3O2S2. The standard InChI is InChI=1S/C33H39N3O2S2/c1-2-3-4-5-6-7-8-9-10-11-12-26-13-15-28(16-14-26)25-39-33-35-31-22-19-29(23-32(31)40-33)34-24-27-17-20-30(21-18-27)36(37)38/h13-24H,2-12,25H2,1H3. The summed E-state index contributed by atoms with van der Waals surface area (Å²) in [4.78, 5) is 19.7. The van der Waals surface area contributed by atoms with Gasteiger partial charge in [-0.3, -0.25) is 15.1 Å². The van der Waals surface area contributed by atoms with Crippen LogP contribution in [0.3, 0.4) is 0 Å². The Morgan fingerprint density at radius 3 is 2.17 bits per heavy atom. The lowest BCUT2D eigenvalue weighted by Crippen LogP contribution is -1.88. The van der Waals surface area contributed by atoms with Gasteiger partial charge in [-0.05, 0) is 59.9 Å². The summed E-state index contributed by atoms with van der Waals surface area (Å²) in [6.07, 6.45) is 16.7. The van der Waals surface area contributed by atoms with Gasteiger partial charge < -0.3 is 0 Å². The molecule has 1 heterocycles. The number of aryl methyl sites for hydroxylation is 1. The summed E-state index contributed by atoms with van der Waals surface area (Å²) in [6, 6.07) is 21.5. The number of fused-ring (bicyclic) bond motifs is 1. The summed E-state index contributed by atoms with van der Waals surface area (Å²) in [5.74, 6) is 0.906. The summed E-state index contributed by atoms with van der Waals surface area (Å²) in [6.45, 7) is 2.28. The van der Waals surface area contributed by atoms with Gasteiger partial charge in [0.1, 0.15) is 0 Å². The molecule has 0 amide bonds. The van der Waals surface area contributed by atoms with Gasteiger partial charge >= 0.3 is 0 Å². The van der Waals surface area contributed by atoms with E-state index >= 15 is 0 Å². The molecule has 0 unspecified atom stereocenters. The average Bonchev–Trinajstić information content (AvgIpc) is 3.39. The third kappa shape index (κ3) is 9.86. The largest absolute Gasteiger partial charge is 0.269 e. The van der Waals surface area contributed by atoms with Crippen molar-refractivity contribution < 1.29 is 4.92 Å². The number of nitro groups is 1. The molecule has 0 aliphatic rings. The van der Waals surface area contributed by atoms with Crippen LogP contribution in [0.25, 0.3) is 10.2 Å². The topological polar surface area (TPSA) is 68.4 Å². The van der Waals surface area contributed by atoms with E-state index in [4.69, 9.17) is 4.98 Å². The van der Waals surface area contributed by atoms with E-state index < -0.39 is 4.92 Å². The minimum absolute atomic E-state index is 0.0774. The van der Waals surface area contributed by atoms with Crippen molar-refractivity contribution in [1.29, 1.82) is 0 Å². The van der Waals surface area contributed by atoms with Crippen LogP contribution in [0, 0.1) is 10.1 Å². The third-order valence-electron chi connectivity index (χ3n) is 7.02. The molecule has 0 saturated heterocycles. The van der Waals surface area contributed by atoms with Crippen LogP contribution in [0.5, 0.6) is 0 Å². The fraction of sp³-hybridized carbons (Fsp3) is 0.394. The first-order chi connectivity index (χ1) is 19.6. The van der Waals surface area contributed by atoms with E-state index in [1.54, 1.807) is 41.4 Å². The number of hydrogen-bond acceptors (Lipinski definition) is 6. The van der Waals surface area contributed by atoms with Crippen LogP contribution < -0.4 is 0 Å². The Kier molecular flexibility index (Phi) is 12.2. The Morgan fingerprint density at radius 2 is 1.50 bits per heavy atom. The zero-order valence-electron chi connectivity index (χ0n) is 23.4. The lowest BCUT2D eigenvalue weighted by molar-refractivity contribution is -0.384. The van der Waals surface area contributed by atoms with E-state index in [1.807, 2.05) is 18.2 Å². The number of nitrogens with zero attached hydrogens (tertiary/aromatic N) is 3. The predicted octanol–water partition coefficient (Wildman–Crippen LogP) is 10.7. The molecule has 0 aliphatic carbocycles. The van der Waals surface area contributed by atoms with E-state index in [-0.39, 0.29) is 5.69 Å². The Bertz CT molecular complexity index is 1360. The van der Waals surface area contributed by atoms with Gasteiger partial charge in [0.25, 0.3) is 5.69 Å². The number of non-ortho nitro benzene ring substituents is 1. The number of benzene rings is 3. The molecule has 0 fully saturated rings. The van der Waals surface area contributed by atoms with Crippen LogP contribution >= 0.6 is 23.1 Å². The van der Waals surface area contributed by atoms with Gasteiger partial charge in [-0.25, -0.2) is 4.98 Å². The quantitative estimate of drug-likeness (QED) is 0.0414. The number of hydrogen-bond donors (Lipinski definition) is 0. The van der Waals surface area contributed by atoms with Crippen molar-refractivity contribution in [3.63, 3.8) is 0 Å². The van der Waals surface area contributed by atoms with Gasteiger partial charge in [-0.1, -0.05) is 101 Å². The number of rotatable bonds is 17. The van der Waals surface area contributed by atoms with Crippen molar-refractivity contribution in [2.75, 3.05) is 0 Å². The third-order valence-corrected chi connectivity index (χ3v) is 9.26. The molecule has 4 aromatic rings. The summed E-state index contributed by atoms with van der Waals surface area (Å²) in [7, 11) is 0. The highest BCUT2D eigenvalue weighted by atomic mass is 32.2. The monoisotopic (exact) mass is 573 g/mol. The minimum atomic E-state index is -0.400. The van der Waals surface area contributed by atoms with Crippen molar-refractivity contribution in [3.05, 3.63) is 93.5 Å². The van der Waals surface area contributed by atoms with E-state index in [1.165, 1.54) is 93.9 Å². The van der Waals surface area contributed by atoms with Gasteiger partial charge in [0.05, 0.1) is 20.8 Å². The molecule has 0 spiro atoms. The van der Waals surface area contributed by atoms with Crippen molar-refractivity contribution in [2.45, 2.75) is 87.6 Å². The predicted molar refractivity (Wildman–Crippen MR) is 172 cm³/mol. The van der Waals surface area contributed by atoms with Crippen LogP contribution in [0.15, 0.2) is 76.1 Å². The molecule has 1 aromatic heterocycles. The molecule has 0 aliphatic heterocycles. The Labute approximate surface area is 246 Å². The van der Waals surface area contributed by atoms with Crippen LogP contribution in [-0.2, 0) is 12.2 Å². The molecule has 5 nitrogen and oxygen atoms in total. The summed E-state index contributed by atoms with van der Waals surface area (Å²) in [5.41, 5.74) is 5.48. The van der Waals surface area contributed by atoms with Crippen LogP contribution in [0.4, 0.5) is 11.4 Å². The smallest absolute Gasteiger partial charge is 0.258 e. The van der Waals surface area contributed by atoms with Gasteiger partial charge in [-0.15, -0.1) is 11.3 Å². The Morgan fingerprint density at radius 1 is 0.850 bits per heavy atom. The first kappa shape index (κ1) is 29.9. The molecule has 40 heavy (non-hydrogen) atoms. The molecule has 0 saturated carbocycles. The fourth-order valence-electron chi connectivity index (χ4n) is 4.63. The van der Waals surface area contributed by atoms with Crippen molar-refractivity contribution in [3.8, 4) is 0 Å². The van der Waals surface area contributed by atoms with E-state index in [2.05, 4.69) is 36.2 Å². The normalized spacial score (nSPS) is 11.5. The number of aromatic nitrogens is 1. The molecule has 7 heteroatoms. The highest BCUT2D eigenvalue weighted by molar-refractivity contribution is 8.00. The average molecular weight is 574 g/mol. The molecular weight excluding hydrogens is 535 g/mol. The zero-order valence-corrected chi connectivity index (χ0v) is 25.0. The molecule has 210 valence electrons. The molecule has 4 rings (SSSR count). The fourth-order valence-corrected chi connectivity index (χ4v) is 6.69. The Balaban J connectivity index is 1.18. The van der Waals surface area contributed by atoms with Crippen LogP contribution in [0.2, 0.25) is 0 Å². The van der Waals surface area contributed by atoms with Gasteiger partial charge in [0.2, 0.25) is 0 Å². The molecule has 0 atom stereocenters. The van der Waals surface area contributed by atoms with Crippen molar-refractivity contribution >= 4 is 50.9 Å². The SMILES string of the molecule is CCCCCCCCCCCCc1ccc(CSc2nc3ccc(N=Cc4ccc([N+](=O)[O-])cc4)cc3s2)cc1. The number of unbranched alkanes of at least 4 members (excludes halogenated alkanes) is 9. The maximum Gasteiger partial charge on any atom is 0.269 e. The maximum atomic E-state index is 10.8. The van der Waals surface area contributed by atoms with Gasteiger partial charge in [0.15, 0.2) is 4.34 Å². The summed E-state index contributed by atoms with van der Waals surface area (Å²) in [5, 5.41) is 10.8. The lowest BCUT2D eigenvalue weighted by Gasteiger charge is -2.05. The number of aliphatic imine (C=N–C) groups is 1. The second kappa shape index (κ2) is 16.3. The van der Waals surface area contributed by atoms with Gasteiger partial charge in [-0.2, -0.15) is 0 Å². The molecule has 0 radical (unpaired) electrons. The first-order valence-corrected chi connectivity index (χ1v) is 16.3. The van der Waals surface area contributed by atoms with Crippen molar-refractivity contribution in [2.24, 2.45) is 4.99 Å². The molecule has 0 bridgehead atoms. The number of nitro benzene ring substituents is 1. The Hall–Kier alpha value is -3.03. The van der Waals surface area contributed by atoms with E-state index in [0.29, 0.717) is 0 Å². The maximum absolute atomic E-state index is 10.8. The minimum Gasteiger partial charge on any atom is -0.258 e. The van der Waals surface area contributed by atoms with E-state index in [0.717, 1.165) is 31.6 Å². The summed E-state index contributed by atoms with van der Waals surface area (Å²) >= 11 is 3.46. The number of thiazole rings is 1. The first-order valence-electron chi connectivity index (χ1n) is 14.5. The van der Waals surface area contributed by atoms with Gasteiger partial charge in [0, 0.05) is 24.1 Å². The highest BCUT2D eigenvalue weighted by Crippen LogP contribution is 2.33. The van der Waals surface area contributed by atoms with E-state index in [9.17, 15) is 10.1 Å². The van der Waals surface area contributed by atoms with Crippen LogP contribution in [0.1, 0.15) is 87.8 Å². The lowest BCUT2D eigenvalue weighted by atomic mass is 10.0. The molecule has 3 aromatic carbocycles. The van der Waals surface area contributed by atoms with Crippen molar-refractivity contribution in [1.82, 2.24) is 4.98 Å². The highest BCUT2D eigenvalue weighted by Gasteiger charge is 2.07. The van der Waals surface area contributed by atoms with Crippen LogP contribution in [-0.4, -0.2) is 16.1 Å². The number of thioether (sulfide) groups is 1. The molecule has 0 N–H and O–H groups in total. The second-order valence-electron chi connectivity index (χ2n) is 10.3.